The molecule has 0 bridgehead atoms. The Hall–Kier alpha value is -0.160. The van der Waals surface area contributed by atoms with E-state index in [1.807, 2.05) is 20.8 Å². The Morgan fingerprint density at radius 1 is 1.15 bits per heavy atom. The van der Waals surface area contributed by atoms with E-state index >= 15 is 0 Å². The summed E-state index contributed by atoms with van der Waals surface area (Å²) in [5, 5.41) is 0. The van der Waals surface area contributed by atoms with Crippen LogP contribution in [0.3, 0.4) is 0 Å². The topological polar surface area (TPSA) is 36.9 Å². The molecule has 76 valence electrons. The summed E-state index contributed by atoms with van der Waals surface area (Å²) in [6, 6.07) is 0. The second kappa shape index (κ2) is 2.92. The van der Waals surface area contributed by atoms with Crippen LogP contribution in [0, 0.1) is 0 Å². The van der Waals surface area contributed by atoms with Crippen molar-refractivity contribution < 1.29 is 18.9 Å². The SMILES string of the molecule is COC1O[C@H](C)[C@@H]2OC(C)(C)OC12. The van der Waals surface area contributed by atoms with Crippen molar-refractivity contribution in [1.29, 1.82) is 0 Å². The number of fused-ring (bicyclic) bond motifs is 1. The van der Waals surface area contributed by atoms with E-state index in [9.17, 15) is 0 Å². The summed E-state index contributed by atoms with van der Waals surface area (Å²) >= 11 is 0. The third kappa shape index (κ3) is 1.48. The summed E-state index contributed by atoms with van der Waals surface area (Å²) in [5.41, 5.74) is 0. The van der Waals surface area contributed by atoms with Crippen LogP contribution >= 0.6 is 0 Å². The van der Waals surface area contributed by atoms with E-state index in [0.29, 0.717) is 0 Å². The number of hydrogen-bond donors (Lipinski definition) is 0. The second-order valence-electron chi connectivity index (χ2n) is 4.01. The zero-order valence-electron chi connectivity index (χ0n) is 8.44. The van der Waals surface area contributed by atoms with E-state index in [1.165, 1.54) is 0 Å². The first-order valence-electron chi connectivity index (χ1n) is 4.57. The minimum atomic E-state index is -0.510. The molecule has 2 saturated heterocycles. The summed E-state index contributed by atoms with van der Waals surface area (Å²) in [4.78, 5) is 0. The molecule has 0 aromatic carbocycles. The Kier molecular flexibility index (Phi) is 2.11. The largest absolute Gasteiger partial charge is 0.353 e. The predicted molar refractivity (Wildman–Crippen MR) is 45.2 cm³/mol. The maximum atomic E-state index is 5.69. The molecule has 2 aliphatic rings. The van der Waals surface area contributed by atoms with Gasteiger partial charge in [0.1, 0.15) is 12.2 Å². The molecule has 4 nitrogen and oxygen atoms in total. The fourth-order valence-electron chi connectivity index (χ4n) is 1.95. The Labute approximate surface area is 78.1 Å². The summed E-state index contributed by atoms with van der Waals surface area (Å²) in [5.74, 6) is -0.510. The maximum absolute atomic E-state index is 5.69. The summed E-state index contributed by atoms with van der Waals surface area (Å²) < 4.78 is 22.0. The number of methoxy groups -OCH3 is 1. The second-order valence-corrected chi connectivity index (χ2v) is 4.01. The Balaban J connectivity index is 2.12. The lowest BCUT2D eigenvalue weighted by molar-refractivity contribution is -0.224. The van der Waals surface area contributed by atoms with Crippen molar-refractivity contribution in [3.05, 3.63) is 0 Å². The van der Waals surface area contributed by atoms with Gasteiger partial charge in [-0.3, -0.25) is 0 Å². The van der Waals surface area contributed by atoms with Gasteiger partial charge in [-0.2, -0.15) is 0 Å². The van der Waals surface area contributed by atoms with Crippen LogP contribution in [0.25, 0.3) is 0 Å². The van der Waals surface area contributed by atoms with Gasteiger partial charge < -0.3 is 18.9 Å². The summed E-state index contributed by atoms with van der Waals surface area (Å²) in [6.07, 6.45) is -0.339. The highest BCUT2D eigenvalue weighted by Crippen LogP contribution is 2.38. The lowest BCUT2D eigenvalue weighted by Crippen LogP contribution is -2.30. The molecule has 2 unspecified atom stereocenters. The first-order chi connectivity index (χ1) is 6.03. The van der Waals surface area contributed by atoms with Gasteiger partial charge in [0.15, 0.2) is 12.1 Å². The van der Waals surface area contributed by atoms with E-state index in [2.05, 4.69) is 0 Å². The monoisotopic (exact) mass is 188 g/mol. The molecule has 4 heteroatoms. The molecule has 4 atom stereocenters. The normalized spacial score (nSPS) is 48.0. The first-order valence-corrected chi connectivity index (χ1v) is 4.57. The van der Waals surface area contributed by atoms with Crippen molar-refractivity contribution in [3.8, 4) is 0 Å². The van der Waals surface area contributed by atoms with Crippen LogP contribution in [-0.4, -0.2) is 37.5 Å². The van der Waals surface area contributed by atoms with Crippen LogP contribution in [0.15, 0.2) is 0 Å². The van der Waals surface area contributed by atoms with Crippen LogP contribution < -0.4 is 0 Å². The highest BCUT2D eigenvalue weighted by Gasteiger charge is 2.53. The van der Waals surface area contributed by atoms with Crippen molar-refractivity contribution in [2.45, 2.75) is 51.2 Å². The average Bonchev–Trinajstić information content (AvgIpc) is 2.47. The molecule has 0 saturated carbocycles. The van der Waals surface area contributed by atoms with Gasteiger partial charge >= 0.3 is 0 Å². The lowest BCUT2D eigenvalue weighted by atomic mass is 10.2. The lowest BCUT2D eigenvalue weighted by Gasteiger charge is -2.22. The molecule has 0 spiro atoms. The van der Waals surface area contributed by atoms with Crippen molar-refractivity contribution in [1.82, 2.24) is 0 Å². The van der Waals surface area contributed by atoms with Crippen molar-refractivity contribution >= 4 is 0 Å². The van der Waals surface area contributed by atoms with E-state index in [-0.39, 0.29) is 24.6 Å². The molecule has 0 radical (unpaired) electrons. The Morgan fingerprint density at radius 2 is 1.77 bits per heavy atom. The molecule has 2 heterocycles. The Morgan fingerprint density at radius 3 is 2.38 bits per heavy atom. The molecular formula is C9H16O4. The molecule has 13 heavy (non-hydrogen) atoms. The molecule has 0 aromatic heterocycles. The van der Waals surface area contributed by atoms with Crippen LogP contribution in [0.1, 0.15) is 20.8 Å². The Bertz CT molecular complexity index is 204. The maximum Gasteiger partial charge on any atom is 0.186 e. The van der Waals surface area contributed by atoms with Gasteiger partial charge in [0.05, 0.1) is 6.10 Å². The van der Waals surface area contributed by atoms with Gasteiger partial charge in [0.2, 0.25) is 0 Å². The van der Waals surface area contributed by atoms with E-state index in [1.54, 1.807) is 7.11 Å². The molecular weight excluding hydrogens is 172 g/mol. The fourth-order valence-corrected chi connectivity index (χ4v) is 1.95. The molecule has 0 N–H and O–H groups in total. The van der Waals surface area contributed by atoms with E-state index < -0.39 is 5.79 Å². The minimum absolute atomic E-state index is 0.0000463. The standard InChI is InChI=1S/C9H16O4/c1-5-6-7(8(10-4)11-5)13-9(2,3)12-6/h5-8H,1-4H3/t5-,6+,7?,8?/m1/s1. The van der Waals surface area contributed by atoms with Crippen LogP contribution in [-0.2, 0) is 18.9 Å². The van der Waals surface area contributed by atoms with E-state index in [4.69, 9.17) is 18.9 Å². The molecule has 2 aliphatic heterocycles. The summed E-state index contributed by atoms with van der Waals surface area (Å²) in [6.45, 7) is 5.79. The molecule has 0 aliphatic carbocycles. The number of hydrogen-bond acceptors (Lipinski definition) is 4. The van der Waals surface area contributed by atoms with E-state index in [0.717, 1.165) is 0 Å². The highest BCUT2D eigenvalue weighted by molar-refractivity contribution is 4.93. The van der Waals surface area contributed by atoms with Crippen LogP contribution in [0.4, 0.5) is 0 Å². The zero-order chi connectivity index (χ0) is 9.64. The molecule has 0 aromatic rings. The van der Waals surface area contributed by atoms with Crippen molar-refractivity contribution in [2.24, 2.45) is 0 Å². The highest BCUT2D eigenvalue weighted by atomic mass is 16.8. The molecule has 2 fully saturated rings. The fraction of sp³-hybridized carbons (Fsp3) is 1.00. The van der Waals surface area contributed by atoms with Crippen molar-refractivity contribution in [3.63, 3.8) is 0 Å². The van der Waals surface area contributed by atoms with Gasteiger partial charge in [-0.25, -0.2) is 0 Å². The third-order valence-corrected chi connectivity index (χ3v) is 2.48. The predicted octanol–water partition coefficient (Wildman–Crippen LogP) is 0.898. The number of rotatable bonds is 1. The quantitative estimate of drug-likeness (QED) is 0.612. The molecule has 0 amide bonds. The smallest absolute Gasteiger partial charge is 0.186 e. The first kappa shape index (κ1) is 9.40. The van der Waals surface area contributed by atoms with Gasteiger partial charge in [-0.1, -0.05) is 0 Å². The van der Waals surface area contributed by atoms with Gasteiger partial charge in [-0.15, -0.1) is 0 Å². The summed E-state index contributed by atoms with van der Waals surface area (Å²) in [7, 11) is 1.62. The number of ether oxygens (including phenoxy) is 4. The minimum Gasteiger partial charge on any atom is -0.353 e. The third-order valence-electron chi connectivity index (χ3n) is 2.48. The zero-order valence-corrected chi connectivity index (χ0v) is 8.44. The van der Waals surface area contributed by atoms with Gasteiger partial charge in [0, 0.05) is 7.11 Å². The van der Waals surface area contributed by atoms with Crippen LogP contribution in [0.5, 0.6) is 0 Å². The van der Waals surface area contributed by atoms with Gasteiger partial charge in [0.25, 0.3) is 0 Å². The van der Waals surface area contributed by atoms with Crippen LogP contribution in [0.2, 0.25) is 0 Å². The average molecular weight is 188 g/mol. The van der Waals surface area contributed by atoms with Gasteiger partial charge in [-0.05, 0) is 20.8 Å². The molecule has 2 rings (SSSR count). The van der Waals surface area contributed by atoms with Crippen molar-refractivity contribution in [2.75, 3.05) is 7.11 Å².